The molecule has 1 aromatic carbocycles. The first-order valence-electron chi connectivity index (χ1n) is 9.65. The van der Waals surface area contributed by atoms with Gasteiger partial charge in [-0.25, -0.2) is 0 Å². The van der Waals surface area contributed by atoms with E-state index in [4.69, 9.17) is 10.5 Å². The second kappa shape index (κ2) is 10.2. The van der Waals surface area contributed by atoms with Crippen LogP contribution in [0.4, 0.5) is 0 Å². The van der Waals surface area contributed by atoms with Crippen molar-refractivity contribution in [2.45, 2.75) is 70.9 Å². The summed E-state index contributed by atoms with van der Waals surface area (Å²) in [6.07, 6.45) is 3.58. The summed E-state index contributed by atoms with van der Waals surface area (Å²) >= 11 is 0. The average molecular weight is 373 g/mol. The number of nitrogens with one attached hydrogen (secondary N) is 2. The fraction of sp³-hybridized carbons (Fsp3) is 0.524. The highest BCUT2D eigenvalue weighted by atomic mass is 16.5. The Kier molecular flexibility index (Phi) is 8.00. The van der Waals surface area contributed by atoms with Crippen molar-refractivity contribution in [3.8, 4) is 0 Å². The SMILES string of the molecule is CCC(CC)O[C@@H]1C=C(C(=O)NCc2ccccc2)C[C@H](N)[C@H]1NC(C)=O. The van der Waals surface area contributed by atoms with Crippen LogP contribution in [-0.4, -0.2) is 36.1 Å². The zero-order valence-electron chi connectivity index (χ0n) is 16.4. The Morgan fingerprint density at radius 1 is 1.22 bits per heavy atom. The van der Waals surface area contributed by atoms with E-state index in [1.165, 1.54) is 6.92 Å². The average Bonchev–Trinajstić information content (AvgIpc) is 2.66. The molecule has 1 aliphatic rings. The lowest BCUT2D eigenvalue weighted by Gasteiger charge is -2.36. The normalized spacial score (nSPS) is 22.3. The maximum Gasteiger partial charge on any atom is 0.247 e. The molecule has 4 N–H and O–H groups in total. The number of benzene rings is 1. The fourth-order valence-electron chi connectivity index (χ4n) is 3.31. The molecule has 27 heavy (non-hydrogen) atoms. The predicted octanol–water partition coefficient (Wildman–Crippen LogP) is 2.04. The molecule has 0 unspecified atom stereocenters. The van der Waals surface area contributed by atoms with Gasteiger partial charge in [-0.15, -0.1) is 0 Å². The van der Waals surface area contributed by atoms with Crippen LogP contribution in [0.2, 0.25) is 0 Å². The molecule has 1 aromatic rings. The van der Waals surface area contributed by atoms with Gasteiger partial charge in [0.1, 0.15) is 0 Å². The molecular formula is C21H31N3O3. The van der Waals surface area contributed by atoms with Gasteiger partial charge in [0.15, 0.2) is 0 Å². The first-order valence-corrected chi connectivity index (χ1v) is 9.65. The van der Waals surface area contributed by atoms with Crippen LogP contribution in [-0.2, 0) is 20.9 Å². The third-order valence-corrected chi connectivity index (χ3v) is 4.85. The van der Waals surface area contributed by atoms with E-state index in [1.54, 1.807) is 0 Å². The van der Waals surface area contributed by atoms with E-state index in [0.717, 1.165) is 18.4 Å². The monoisotopic (exact) mass is 373 g/mol. The first kappa shape index (κ1) is 21.1. The Labute approximate surface area is 161 Å². The maximum atomic E-state index is 12.6. The molecule has 1 aliphatic carbocycles. The quantitative estimate of drug-likeness (QED) is 0.650. The molecule has 0 heterocycles. The molecule has 6 heteroatoms. The van der Waals surface area contributed by atoms with Crippen LogP contribution < -0.4 is 16.4 Å². The molecule has 3 atom stereocenters. The molecule has 2 amide bonds. The van der Waals surface area contributed by atoms with Gasteiger partial charge in [-0.3, -0.25) is 9.59 Å². The van der Waals surface area contributed by atoms with Gasteiger partial charge in [0.2, 0.25) is 11.8 Å². The van der Waals surface area contributed by atoms with E-state index in [0.29, 0.717) is 18.5 Å². The van der Waals surface area contributed by atoms with Crippen LogP contribution in [0, 0.1) is 0 Å². The van der Waals surface area contributed by atoms with Crippen molar-refractivity contribution in [2.75, 3.05) is 0 Å². The molecule has 0 aromatic heterocycles. The molecule has 0 radical (unpaired) electrons. The van der Waals surface area contributed by atoms with E-state index in [2.05, 4.69) is 24.5 Å². The molecule has 0 fully saturated rings. The second-order valence-corrected chi connectivity index (χ2v) is 6.99. The highest BCUT2D eigenvalue weighted by Gasteiger charge is 2.35. The summed E-state index contributed by atoms with van der Waals surface area (Å²) in [4.78, 5) is 24.2. The molecule has 0 bridgehead atoms. The molecule has 2 rings (SSSR count). The number of hydrogen-bond acceptors (Lipinski definition) is 4. The maximum absolute atomic E-state index is 12.6. The van der Waals surface area contributed by atoms with Crippen molar-refractivity contribution in [3.63, 3.8) is 0 Å². The summed E-state index contributed by atoms with van der Waals surface area (Å²) in [6.45, 7) is 6.04. The summed E-state index contributed by atoms with van der Waals surface area (Å²) < 4.78 is 6.17. The molecule has 6 nitrogen and oxygen atoms in total. The van der Waals surface area contributed by atoms with E-state index in [-0.39, 0.29) is 30.0 Å². The minimum Gasteiger partial charge on any atom is -0.369 e. The number of ether oxygens (including phenoxy) is 1. The molecule has 0 saturated heterocycles. The number of carbonyl (C=O) groups is 2. The summed E-state index contributed by atoms with van der Waals surface area (Å²) in [5.74, 6) is -0.298. The van der Waals surface area contributed by atoms with Crippen molar-refractivity contribution in [3.05, 3.63) is 47.5 Å². The Morgan fingerprint density at radius 2 is 1.89 bits per heavy atom. The second-order valence-electron chi connectivity index (χ2n) is 6.99. The predicted molar refractivity (Wildman–Crippen MR) is 106 cm³/mol. The minimum atomic E-state index is -0.417. The van der Waals surface area contributed by atoms with Crippen molar-refractivity contribution >= 4 is 11.8 Å². The molecule has 0 aliphatic heterocycles. The van der Waals surface area contributed by atoms with Crippen molar-refractivity contribution < 1.29 is 14.3 Å². The van der Waals surface area contributed by atoms with Crippen LogP contribution in [0.5, 0.6) is 0 Å². The number of carbonyl (C=O) groups excluding carboxylic acids is 2. The zero-order valence-corrected chi connectivity index (χ0v) is 16.4. The van der Waals surface area contributed by atoms with Gasteiger partial charge in [-0.1, -0.05) is 44.2 Å². The van der Waals surface area contributed by atoms with Gasteiger partial charge < -0.3 is 21.1 Å². The molecule has 0 saturated carbocycles. The van der Waals surface area contributed by atoms with Crippen LogP contribution in [0.3, 0.4) is 0 Å². The lowest BCUT2D eigenvalue weighted by atomic mass is 9.87. The molecule has 148 valence electrons. The number of hydrogen-bond donors (Lipinski definition) is 3. The van der Waals surface area contributed by atoms with E-state index in [9.17, 15) is 9.59 Å². The Morgan fingerprint density at radius 3 is 2.48 bits per heavy atom. The Hall–Kier alpha value is -2.18. The standard InChI is InChI=1S/C21H31N3O3/c1-4-17(5-2)27-19-12-16(11-18(22)20(19)24-14(3)25)21(26)23-13-15-9-7-6-8-10-15/h6-10,12,17-20H,4-5,11,13,22H2,1-3H3,(H,23,26)(H,24,25)/t18-,19+,20+/m0/s1. The number of rotatable bonds is 8. The van der Waals surface area contributed by atoms with Crippen LogP contribution in [0.15, 0.2) is 42.0 Å². The lowest BCUT2D eigenvalue weighted by Crippen LogP contribution is -2.57. The Balaban J connectivity index is 2.12. The smallest absolute Gasteiger partial charge is 0.247 e. The number of nitrogens with two attached hydrogens (primary N) is 1. The third kappa shape index (κ3) is 6.19. The van der Waals surface area contributed by atoms with E-state index in [1.807, 2.05) is 36.4 Å². The van der Waals surface area contributed by atoms with Crippen molar-refractivity contribution in [1.82, 2.24) is 10.6 Å². The van der Waals surface area contributed by atoms with Gasteiger partial charge >= 0.3 is 0 Å². The highest BCUT2D eigenvalue weighted by Crippen LogP contribution is 2.23. The van der Waals surface area contributed by atoms with Crippen molar-refractivity contribution in [1.29, 1.82) is 0 Å². The van der Waals surface area contributed by atoms with Crippen LogP contribution in [0.1, 0.15) is 45.6 Å². The van der Waals surface area contributed by atoms with E-state index < -0.39 is 6.10 Å². The first-order chi connectivity index (χ1) is 12.9. The van der Waals surface area contributed by atoms with Gasteiger partial charge in [0, 0.05) is 25.1 Å². The summed E-state index contributed by atoms with van der Waals surface area (Å²) in [7, 11) is 0. The molecule has 0 spiro atoms. The zero-order chi connectivity index (χ0) is 19.8. The van der Waals surface area contributed by atoms with Gasteiger partial charge in [0.05, 0.1) is 18.2 Å². The highest BCUT2D eigenvalue weighted by molar-refractivity contribution is 5.93. The Bertz CT molecular complexity index is 656. The number of amides is 2. The minimum absolute atomic E-state index is 0.0569. The molecular weight excluding hydrogens is 342 g/mol. The summed E-state index contributed by atoms with van der Waals surface area (Å²) in [5, 5.41) is 5.83. The van der Waals surface area contributed by atoms with Gasteiger partial charge in [0.25, 0.3) is 0 Å². The van der Waals surface area contributed by atoms with Crippen molar-refractivity contribution in [2.24, 2.45) is 5.73 Å². The van der Waals surface area contributed by atoms with Crippen LogP contribution in [0.25, 0.3) is 0 Å². The van der Waals surface area contributed by atoms with Crippen LogP contribution >= 0.6 is 0 Å². The third-order valence-electron chi connectivity index (χ3n) is 4.85. The largest absolute Gasteiger partial charge is 0.369 e. The summed E-state index contributed by atoms with van der Waals surface area (Å²) in [5.41, 5.74) is 7.94. The summed E-state index contributed by atoms with van der Waals surface area (Å²) in [6, 6.07) is 9.03. The van der Waals surface area contributed by atoms with Gasteiger partial charge in [-0.2, -0.15) is 0 Å². The fourth-order valence-corrected chi connectivity index (χ4v) is 3.31. The topological polar surface area (TPSA) is 93.4 Å². The van der Waals surface area contributed by atoms with Gasteiger partial charge in [-0.05, 0) is 30.9 Å². The lowest BCUT2D eigenvalue weighted by molar-refractivity contribution is -0.121. The van der Waals surface area contributed by atoms with E-state index >= 15 is 0 Å².